The van der Waals surface area contributed by atoms with Crippen molar-refractivity contribution in [3.63, 3.8) is 0 Å². The van der Waals surface area contributed by atoms with Crippen LogP contribution in [0.4, 0.5) is 11.6 Å². The van der Waals surface area contributed by atoms with Gasteiger partial charge in [-0.3, -0.25) is 9.78 Å². The first-order valence-corrected chi connectivity index (χ1v) is 8.18. The average Bonchev–Trinajstić information content (AvgIpc) is 3.07. The predicted octanol–water partition coefficient (Wildman–Crippen LogP) is 1.49. The highest BCUT2D eigenvalue weighted by molar-refractivity contribution is 5.94. The highest BCUT2D eigenvalue weighted by Crippen LogP contribution is 2.34. The van der Waals surface area contributed by atoms with E-state index < -0.39 is 6.10 Å². The third kappa shape index (κ3) is 3.07. The topological polar surface area (TPSA) is 80.2 Å². The van der Waals surface area contributed by atoms with Crippen LogP contribution in [0.1, 0.15) is 12.8 Å². The number of hydrogen-bond donors (Lipinski definition) is 1. The molecule has 0 aromatic carbocycles. The summed E-state index contributed by atoms with van der Waals surface area (Å²) in [6.45, 7) is 1.62. The summed E-state index contributed by atoms with van der Waals surface area (Å²) in [5, 5.41) is 2.87. The molecule has 7 nitrogen and oxygen atoms in total. The van der Waals surface area contributed by atoms with E-state index in [4.69, 9.17) is 4.74 Å². The normalized spacial score (nSPS) is 26.0. The second kappa shape index (κ2) is 6.52. The van der Waals surface area contributed by atoms with Gasteiger partial charge in [0.25, 0.3) is 5.91 Å². The maximum Gasteiger partial charge on any atom is 0.253 e. The third-order valence-electron chi connectivity index (χ3n) is 4.61. The number of amides is 1. The maximum absolute atomic E-state index is 12.4. The van der Waals surface area contributed by atoms with E-state index in [-0.39, 0.29) is 12.0 Å². The Kier molecular flexibility index (Phi) is 4.08. The average molecular weight is 325 g/mol. The van der Waals surface area contributed by atoms with E-state index in [2.05, 4.69) is 25.2 Å². The number of aromatic nitrogens is 3. The molecular formula is C17H19N5O2. The fourth-order valence-electron chi connectivity index (χ4n) is 3.39. The lowest BCUT2D eigenvalue weighted by atomic mass is 9.92. The van der Waals surface area contributed by atoms with Crippen LogP contribution in [0.25, 0.3) is 0 Å². The van der Waals surface area contributed by atoms with Crippen molar-refractivity contribution in [1.29, 1.82) is 0 Å². The van der Waals surface area contributed by atoms with Gasteiger partial charge in [-0.05, 0) is 37.0 Å². The molecule has 2 saturated heterocycles. The first kappa shape index (κ1) is 15.0. The van der Waals surface area contributed by atoms with E-state index in [0.29, 0.717) is 11.6 Å². The molecule has 4 rings (SSSR count). The fourth-order valence-corrected chi connectivity index (χ4v) is 3.39. The summed E-state index contributed by atoms with van der Waals surface area (Å²) in [6, 6.07) is 5.42. The number of rotatable bonds is 3. The zero-order valence-corrected chi connectivity index (χ0v) is 13.2. The molecule has 2 aromatic rings. The number of carbonyl (C=O) groups is 1. The Hall–Kier alpha value is -2.54. The Morgan fingerprint density at radius 1 is 1.25 bits per heavy atom. The molecule has 124 valence electrons. The summed E-state index contributed by atoms with van der Waals surface area (Å²) in [6.07, 6.45) is 8.19. The van der Waals surface area contributed by atoms with Crippen LogP contribution in [0, 0.1) is 5.92 Å². The molecule has 1 amide bonds. The van der Waals surface area contributed by atoms with Gasteiger partial charge in [0.2, 0.25) is 5.95 Å². The number of carbonyl (C=O) groups excluding carboxylic acids is 1. The lowest BCUT2D eigenvalue weighted by Crippen LogP contribution is -2.43. The van der Waals surface area contributed by atoms with Crippen LogP contribution in [-0.4, -0.2) is 46.2 Å². The van der Waals surface area contributed by atoms with Gasteiger partial charge in [-0.1, -0.05) is 0 Å². The van der Waals surface area contributed by atoms with Crippen molar-refractivity contribution in [1.82, 2.24) is 15.0 Å². The molecule has 2 aliphatic heterocycles. The predicted molar refractivity (Wildman–Crippen MR) is 88.5 cm³/mol. The Morgan fingerprint density at radius 2 is 2.12 bits per heavy atom. The van der Waals surface area contributed by atoms with Crippen molar-refractivity contribution >= 4 is 17.5 Å². The van der Waals surface area contributed by atoms with Crippen molar-refractivity contribution in [2.45, 2.75) is 25.0 Å². The van der Waals surface area contributed by atoms with E-state index >= 15 is 0 Å². The second-order valence-electron chi connectivity index (χ2n) is 6.17. The minimum atomic E-state index is -0.406. The van der Waals surface area contributed by atoms with Gasteiger partial charge in [-0.15, -0.1) is 0 Å². The Labute approximate surface area is 140 Å². The molecule has 0 unspecified atom stereocenters. The Morgan fingerprint density at radius 3 is 2.92 bits per heavy atom. The summed E-state index contributed by atoms with van der Waals surface area (Å²) in [4.78, 5) is 27.1. The van der Waals surface area contributed by atoms with Crippen LogP contribution < -0.4 is 10.2 Å². The molecular weight excluding hydrogens is 306 g/mol. The van der Waals surface area contributed by atoms with E-state index in [0.717, 1.165) is 31.9 Å². The lowest BCUT2D eigenvalue weighted by molar-refractivity contribution is -0.126. The van der Waals surface area contributed by atoms with Gasteiger partial charge >= 0.3 is 0 Å². The number of nitrogens with one attached hydrogen (secondary N) is 1. The first-order valence-electron chi connectivity index (χ1n) is 8.18. The molecule has 0 bridgehead atoms. The van der Waals surface area contributed by atoms with Gasteiger partial charge in [0.05, 0.1) is 18.0 Å². The van der Waals surface area contributed by atoms with Crippen molar-refractivity contribution < 1.29 is 9.53 Å². The van der Waals surface area contributed by atoms with Crippen LogP contribution in [0.15, 0.2) is 43.0 Å². The Bertz CT molecular complexity index is 697. The summed E-state index contributed by atoms with van der Waals surface area (Å²) < 4.78 is 6.02. The van der Waals surface area contributed by atoms with E-state index in [9.17, 15) is 4.79 Å². The van der Waals surface area contributed by atoms with E-state index in [1.165, 1.54) is 0 Å². The molecule has 7 heteroatoms. The zero-order chi connectivity index (χ0) is 16.4. The monoisotopic (exact) mass is 325 g/mol. The van der Waals surface area contributed by atoms with Crippen LogP contribution >= 0.6 is 0 Å². The molecule has 2 aromatic heterocycles. The molecule has 3 atom stereocenters. The number of hydrogen-bond acceptors (Lipinski definition) is 6. The van der Waals surface area contributed by atoms with Gasteiger partial charge in [-0.25, -0.2) is 9.97 Å². The molecule has 2 aliphatic rings. The number of piperidine rings is 1. The summed E-state index contributed by atoms with van der Waals surface area (Å²) in [7, 11) is 0. The molecule has 1 N–H and O–H groups in total. The standard InChI is InChI=1S/C17H19N5O2/c23-16(21-13-3-1-5-18-10-13)14-9-12-4-8-22(11-15(12)24-14)17-19-6-2-7-20-17/h1-3,5-7,10,12,14-15H,4,8-9,11H2,(H,21,23)/t12-,14-,15-/m0/s1. The number of fused-ring (bicyclic) bond motifs is 1. The van der Waals surface area contributed by atoms with Gasteiger partial charge in [0.15, 0.2) is 0 Å². The van der Waals surface area contributed by atoms with Gasteiger partial charge < -0.3 is 15.0 Å². The van der Waals surface area contributed by atoms with Crippen LogP contribution in [0.5, 0.6) is 0 Å². The highest BCUT2D eigenvalue weighted by atomic mass is 16.5. The molecule has 0 aliphatic carbocycles. The molecule has 0 saturated carbocycles. The van der Waals surface area contributed by atoms with Crippen LogP contribution in [0.2, 0.25) is 0 Å². The van der Waals surface area contributed by atoms with Gasteiger partial charge in [0.1, 0.15) is 6.10 Å². The van der Waals surface area contributed by atoms with Crippen LogP contribution in [0.3, 0.4) is 0 Å². The van der Waals surface area contributed by atoms with E-state index in [1.807, 2.05) is 6.07 Å². The first-order chi connectivity index (χ1) is 11.8. The van der Waals surface area contributed by atoms with Crippen LogP contribution in [-0.2, 0) is 9.53 Å². The molecule has 24 heavy (non-hydrogen) atoms. The fraction of sp³-hybridized carbons (Fsp3) is 0.412. The van der Waals surface area contributed by atoms with Gasteiger partial charge in [0, 0.05) is 31.7 Å². The summed E-state index contributed by atoms with van der Waals surface area (Å²) >= 11 is 0. The number of ether oxygens (including phenoxy) is 1. The molecule has 0 radical (unpaired) electrons. The molecule has 0 spiro atoms. The largest absolute Gasteiger partial charge is 0.363 e. The quantitative estimate of drug-likeness (QED) is 0.921. The van der Waals surface area contributed by atoms with Gasteiger partial charge in [-0.2, -0.15) is 0 Å². The molecule has 4 heterocycles. The van der Waals surface area contributed by atoms with Crippen molar-refractivity contribution in [3.05, 3.63) is 43.0 Å². The smallest absolute Gasteiger partial charge is 0.253 e. The minimum Gasteiger partial charge on any atom is -0.363 e. The number of anilines is 2. The lowest BCUT2D eigenvalue weighted by Gasteiger charge is -2.33. The summed E-state index contributed by atoms with van der Waals surface area (Å²) in [5.74, 6) is 1.04. The second-order valence-corrected chi connectivity index (χ2v) is 6.17. The van der Waals surface area contributed by atoms with Crippen molar-refractivity contribution in [2.24, 2.45) is 5.92 Å². The minimum absolute atomic E-state index is 0.0483. The van der Waals surface area contributed by atoms with Crippen molar-refractivity contribution in [3.8, 4) is 0 Å². The molecule has 2 fully saturated rings. The number of nitrogens with zero attached hydrogens (tertiary/aromatic N) is 4. The third-order valence-corrected chi connectivity index (χ3v) is 4.61. The SMILES string of the molecule is O=C(Nc1cccnc1)[C@@H]1C[C@@H]2CCN(c3ncccn3)C[C@@H]2O1. The zero-order valence-electron chi connectivity index (χ0n) is 13.2. The highest BCUT2D eigenvalue weighted by Gasteiger charge is 2.42. The van der Waals surface area contributed by atoms with Crippen molar-refractivity contribution in [2.75, 3.05) is 23.3 Å². The maximum atomic E-state index is 12.4. The number of pyridine rings is 1. The Balaban J connectivity index is 1.38. The summed E-state index contributed by atoms with van der Waals surface area (Å²) in [5.41, 5.74) is 0.695. The van der Waals surface area contributed by atoms with E-state index in [1.54, 1.807) is 36.9 Å².